The molecule has 2 rings (SSSR count). The van der Waals surface area contributed by atoms with Crippen LogP contribution < -0.4 is 0 Å². The molecule has 0 bridgehead atoms. The van der Waals surface area contributed by atoms with Gasteiger partial charge in [-0.1, -0.05) is 0 Å². The molecule has 0 spiro atoms. The molecule has 0 aromatic carbocycles. The first-order chi connectivity index (χ1) is 7.89. The maximum atomic E-state index is 11.9. The average molecular weight is 239 g/mol. The number of rotatable bonds is 2. The Morgan fingerprint density at radius 2 is 2.00 bits per heavy atom. The van der Waals surface area contributed by atoms with Crippen LogP contribution in [0, 0.1) is 11.3 Å². The van der Waals surface area contributed by atoms with Crippen LogP contribution in [0.5, 0.6) is 0 Å². The number of esters is 1. The Labute approximate surface area is 105 Å². The van der Waals surface area contributed by atoms with Crippen LogP contribution in [0.3, 0.4) is 0 Å². The van der Waals surface area contributed by atoms with Gasteiger partial charge in [0.2, 0.25) is 0 Å². The van der Waals surface area contributed by atoms with Gasteiger partial charge in [0.05, 0.1) is 5.41 Å². The molecule has 3 atom stereocenters. The van der Waals surface area contributed by atoms with Gasteiger partial charge >= 0.3 is 5.97 Å². The Hall–Kier alpha value is -0.570. The molecular formula is C14H25NO2. The zero-order valence-corrected chi connectivity index (χ0v) is 11.5. The van der Waals surface area contributed by atoms with Crippen molar-refractivity contribution >= 4 is 5.97 Å². The summed E-state index contributed by atoms with van der Waals surface area (Å²) in [5, 5.41) is 0. The van der Waals surface area contributed by atoms with Crippen LogP contribution in [0.2, 0.25) is 0 Å². The van der Waals surface area contributed by atoms with E-state index in [1.807, 2.05) is 20.8 Å². The third-order valence-corrected chi connectivity index (χ3v) is 4.17. The van der Waals surface area contributed by atoms with E-state index in [0.717, 1.165) is 0 Å². The molecule has 2 aliphatic heterocycles. The SMILES string of the molecule is CC(OC(=O)C(C)(C)C)[C@@H]1CCN2CCCC12. The lowest BCUT2D eigenvalue weighted by molar-refractivity contribution is -0.160. The molecule has 2 unspecified atom stereocenters. The van der Waals surface area contributed by atoms with Gasteiger partial charge in [-0.2, -0.15) is 0 Å². The molecular weight excluding hydrogens is 214 g/mol. The maximum absolute atomic E-state index is 11.9. The lowest BCUT2D eigenvalue weighted by Crippen LogP contribution is -2.36. The molecule has 2 saturated heterocycles. The zero-order valence-electron chi connectivity index (χ0n) is 11.5. The molecule has 0 amide bonds. The molecule has 2 aliphatic rings. The fraction of sp³-hybridized carbons (Fsp3) is 0.929. The van der Waals surface area contributed by atoms with E-state index in [1.54, 1.807) is 0 Å². The number of carbonyl (C=O) groups excluding carboxylic acids is 1. The van der Waals surface area contributed by atoms with E-state index in [0.29, 0.717) is 12.0 Å². The number of carbonyl (C=O) groups is 1. The van der Waals surface area contributed by atoms with Crippen molar-refractivity contribution in [1.29, 1.82) is 0 Å². The van der Waals surface area contributed by atoms with Crippen LogP contribution in [0.4, 0.5) is 0 Å². The van der Waals surface area contributed by atoms with Crippen LogP contribution >= 0.6 is 0 Å². The highest BCUT2D eigenvalue weighted by molar-refractivity contribution is 5.75. The Morgan fingerprint density at radius 1 is 1.29 bits per heavy atom. The van der Waals surface area contributed by atoms with Gasteiger partial charge in [-0.3, -0.25) is 9.69 Å². The van der Waals surface area contributed by atoms with Gasteiger partial charge in [0.25, 0.3) is 0 Å². The number of fused-ring (bicyclic) bond motifs is 1. The second-order valence-electron chi connectivity index (χ2n) is 6.56. The third-order valence-electron chi connectivity index (χ3n) is 4.17. The van der Waals surface area contributed by atoms with E-state index in [9.17, 15) is 4.79 Å². The fourth-order valence-electron chi connectivity index (χ4n) is 3.10. The summed E-state index contributed by atoms with van der Waals surface area (Å²) in [7, 11) is 0. The number of nitrogens with zero attached hydrogens (tertiary/aromatic N) is 1. The summed E-state index contributed by atoms with van der Waals surface area (Å²) in [6.45, 7) is 10.2. The fourth-order valence-corrected chi connectivity index (χ4v) is 3.10. The minimum Gasteiger partial charge on any atom is -0.462 e. The Bertz CT molecular complexity index is 295. The Kier molecular flexibility index (Phi) is 3.48. The standard InChI is InChI=1S/C14H25NO2/c1-10(17-13(16)14(2,3)4)11-7-9-15-8-5-6-12(11)15/h10-12H,5-9H2,1-4H3/t10?,11-,12?/m0/s1. The molecule has 0 N–H and O–H groups in total. The van der Waals surface area contributed by atoms with Crippen molar-refractivity contribution < 1.29 is 9.53 Å². The second kappa shape index (κ2) is 4.60. The smallest absolute Gasteiger partial charge is 0.311 e. The van der Waals surface area contributed by atoms with Gasteiger partial charge in [0.1, 0.15) is 6.10 Å². The lowest BCUT2D eigenvalue weighted by atomic mass is 9.92. The normalized spacial score (nSPS) is 31.3. The summed E-state index contributed by atoms with van der Waals surface area (Å²) in [6, 6.07) is 0.665. The molecule has 0 radical (unpaired) electrons. The molecule has 3 heteroatoms. The molecule has 0 aromatic rings. The van der Waals surface area contributed by atoms with E-state index in [2.05, 4.69) is 11.8 Å². The first kappa shape index (κ1) is 12.9. The Morgan fingerprint density at radius 3 is 2.65 bits per heavy atom. The molecule has 3 nitrogen and oxygen atoms in total. The topological polar surface area (TPSA) is 29.5 Å². The molecule has 17 heavy (non-hydrogen) atoms. The van der Waals surface area contributed by atoms with Crippen molar-refractivity contribution in [2.24, 2.45) is 11.3 Å². The van der Waals surface area contributed by atoms with Crippen LogP contribution in [-0.4, -0.2) is 36.1 Å². The van der Waals surface area contributed by atoms with Crippen molar-refractivity contribution in [2.75, 3.05) is 13.1 Å². The second-order valence-corrected chi connectivity index (χ2v) is 6.56. The van der Waals surface area contributed by atoms with Crippen molar-refractivity contribution in [3.63, 3.8) is 0 Å². The summed E-state index contributed by atoms with van der Waals surface area (Å²) < 4.78 is 5.64. The monoisotopic (exact) mass is 239 g/mol. The number of hydrogen-bond acceptors (Lipinski definition) is 3. The first-order valence-corrected chi connectivity index (χ1v) is 6.85. The van der Waals surface area contributed by atoms with Gasteiger partial charge in [0, 0.05) is 12.0 Å². The summed E-state index contributed by atoms with van der Waals surface area (Å²) in [4.78, 5) is 14.4. The van der Waals surface area contributed by atoms with Crippen molar-refractivity contribution in [3.05, 3.63) is 0 Å². The quantitative estimate of drug-likeness (QED) is 0.693. The highest BCUT2D eigenvalue weighted by atomic mass is 16.5. The van der Waals surface area contributed by atoms with E-state index >= 15 is 0 Å². The number of ether oxygens (including phenoxy) is 1. The predicted molar refractivity (Wildman–Crippen MR) is 67.7 cm³/mol. The van der Waals surface area contributed by atoms with Crippen molar-refractivity contribution in [2.45, 2.75) is 59.1 Å². The summed E-state index contributed by atoms with van der Waals surface area (Å²) in [6.07, 6.45) is 3.83. The third kappa shape index (κ3) is 2.65. The van der Waals surface area contributed by atoms with Crippen molar-refractivity contribution in [3.8, 4) is 0 Å². The Balaban J connectivity index is 1.92. The summed E-state index contributed by atoms with van der Waals surface area (Å²) >= 11 is 0. The average Bonchev–Trinajstić information content (AvgIpc) is 2.75. The van der Waals surface area contributed by atoms with Crippen LogP contribution in [0.25, 0.3) is 0 Å². The van der Waals surface area contributed by atoms with Crippen LogP contribution in [-0.2, 0) is 9.53 Å². The zero-order chi connectivity index (χ0) is 12.6. The van der Waals surface area contributed by atoms with E-state index < -0.39 is 0 Å². The molecule has 2 heterocycles. The summed E-state index contributed by atoms with van der Waals surface area (Å²) in [5.74, 6) is 0.477. The minimum atomic E-state index is -0.387. The molecule has 0 saturated carbocycles. The minimum absolute atomic E-state index is 0.0647. The molecule has 98 valence electrons. The van der Waals surface area contributed by atoms with Crippen LogP contribution in [0.1, 0.15) is 47.0 Å². The van der Waals surface area contributed by atoms with Gasteiger partial charge < -0.3 is 4.74 Å². The highest BCUT2D eigenvalue weighted by Gasteiger charge is 2.41. The highest BCUT2D eigenvalue weighted by Crippen LogP contribution is 2.36. The maximum Gasteiger partial charge on any atom is 0.311 e. The van der Waals surface area contributed by atoms with E-state index in [1.165, 1.54) is 32.4 Å². The van der Waals surface area contributed by atoms with E-state index in [4.69, 9.17) is 4.74 Å². The van der Waals surface area contributed by atoms with Gasteiger partial charge in [-0.05, 0) is 60.0 Å². The lowest BCUT2D eigenvalue weighted by Gasteiger charge is -2.28. The largest absolute Gasteiger partial charge is 0.462 e. The summed E-state index contributed by atoms with van der Waals surface area (Å²) in [5.41, 5.74) is -0.387. The molecule has 0 aromatic heterocycles. The molecule has 2 fully saturated rings. The number of hydrogen-bond donors (Lipinski definition) is 0. The predicted octanol–water partition coefficient (Wildman–Crippen LogP) is 2.45. The van der Waals surface area contributed by atoms with Gasteiger partial charge in [-0.25, -0.2) is 0 Å². The van der Waals surface area contributed by atoms with E-state index in [-0.39, 0.29) is 17.5 Å². The van der Waals surface area contributed by atoms with Gasteiger partial charge in [0.15, 0.2) is 0 Å². The molecule has 0 aliphatic carbocycles. The van der Waals surface area contributed by atoms with Crippen LogP contribution in [0.15, 0.2) is 0 Å². The van der Waals surface area contributed by atoms with Gasteiger partial charge in [-0.15, -0.1) is 0 Å². The van der Waals surface area contributed by atoms with Crippen molar-refractivity contribution in [1.82, 2.24) is 4.90 Å². The first-order valence-electron chi connectivity index (χ1n) is 6.85.